The van der Waals surface area contributed by atoms with E-state index < -0.39 is 29.7 Å². The minimum Gasteiger partial charge on any atom is -0.493 e. The van der Waals surface area contributed by atoms with Crippen LogP contribution in [-0.2, 0) is 9.57 Å². The van der Waals surface area contributed by atoms with Crippen molar-refractivity contribution in [3.8, 4) is 17.2 Å². The fourth-order valence-corrected chi connectivity index (χ4v) is 3.55. The van der Waals surface area contributed by atoms with Crippen molar-refractivity contribution in [1.29, 1.82) is 0 Å². The van der Waals surface area contributed by atoms with Gasteiger partial charge in [0.15, 0.2) is 11.5 Å². The molecule has 0 bridgehead atoms. The number of methoxy groups -OCH3 is 3. The van der Waals surface area contributed by atoms with Crippen LogP contribution in [0.15, 0.2) is 12.1 Å². The highest BCUT2D eigenvalue weighted by atomic mass is 16.7. The molecule has 1 fully saturated rings. The smallest absolute Gasteiger partial charge is 0.410 e. The number of aliphatic hydroxyl groups excluding tert-OH is 1. The highest BCUT2D eigenvalue weighted by Crippen LogP contribution is 2.38. The molecule has 0 spiro atoms. The van der Waals surface area contributed by atoms with E-state index in [1.807, 2.05) is 0 Å². The molecule has 0 unspecified atom stereocenters. The van der Waals surface area contributed by atoms with E-state index in [1.54, 1.807) is 20.8 Å². The summed E-state index contributed by atoms with van der Waals surface area (Å²) in [4.78, 5) is 32.9. The summed E-state index contributed by atoms with van der Waals surface area (Å²) in [6.07, 6.45) is -0.444. The Kier molecular flexibility index (Phi) is 8.57. The van der Waals surface area contributed by atoms with E-state index in [0.717, 1.165) is 5.06 Å². The Labute approximate surface area is 188 Å². The molecule has 1 aliphatic rings. The average molecular weight is 455 g/mol. The molecule has 2 atom stereocenters. The van der Waals surface area contributed by atoms with Crippen LogP contribution in [0.25, 0.3) is 0 Å². The van der Waals surface area contributed by atoms with Crippen LogP contribution in [-0.4, -0.2) is 86.3 Å². The third-order valence-corrected chi connectivity index (χ3v) is 5.04. The van der Waals surface area contributed by atoms with E-state index in [-0.39, 0.29) is 12.1 Å². The molecule has 1 saturated heterocycles. The molecular formula is C22H34N2O8. The molecule has 1 heterocycles. The van der Waals surface area contributed by atoms with E-state index in [4.69, 9.17) is 23.8 Å². The summed E-state index contributed by atoms with van der Waals surface area (Å²) in [5.74, 6) is 0.439. The van der Waals surface area contributed by atoms with Crippen LogP contribution < -0.4 is 14.2 Å². The number of hydrogen-bond donors (Lipinski definition) is 1. The van der Waals surface area contributed by atoms with Crippen molar-refractivity contribution in [1.82, 2.24) is 9.96 Å². The maximum atomic E-state index is 13.4. The molecule has 2 amide bonds. The Balaban J connectivity index is 2.36. The zero-order valence-electron chi connectivity index (χ0n) is 19.8. The molecule has 32 heavy (non-hydrogen) atoms. The van der Waals surface area contributed by atoms with Gasteiger partial charge in [0.1, 0.15) is 11.6 Å². The Bertz CT molecular complexity index is 783. The maximum absolute atomic E-state index is 13.4. The minimum absolute atomic E-state index is 0.0556. The molecule has 0 aliphatic carbocycles. The molecular weight excluding hydrogens is 420 g/mol. The first-order valence-corrected chi connectivity index (χ1v) is 10.4. The number of hydroxylamine groups is 2. The SMILES string of the molecule is COc1cc(C(=O)N(OC)[C@@H]2CN(C(=O)OC(C)(C)C)CCC[C@H]2O)cc(OC)c1OC. The first-order valence-electron chi connectivity index (χ1n) is 10.4. The summed E-state index contributed by atoms with van der Waals surface area (Å²) in [5.41, 5.74) is -0.452. The van der Waals surface area contributed by atoms with Crippen LogP contribution >= 0.6 is 0 Å². The van der Waals surface area contributed by atoms with E-state index >= 15 is 0 Å². The van der Waals surface area contributed by atoms with Gasteiger partial charge < -0.3 is 29.0 Å². The molecule has 0 aromatic heterocycles. The van der Waals surface area contributed by atoms with Gasteiger partial charge in [-0.25, -0.2) is 9.86 Å². The first-order chi connectivity index (χ1) is 15.1. The highest BCUT2D eigenvalue weighted by Gasteiger charge is 2.37. The maximum Gasteiger partial charge on any atom is 0.410 e. The first kappa shape index (κ1) is 25.5. The Morgan fingerprint density at radius 1 is 1.06 bits per heavy atom. The van der Waals surface area contributed by atoms with E-state index in [9.17, 15) is 14.7 Å². The van der Waals surface area contributed by atoms with Gasteiger partial charge in [0.2, 0.25) is 5.75 Å². The molecule has 10 heteroatoms. The normalized spacial score (nSPS) is 19.1. The Hall–Kier alpha value is -2.72. The summed E-state index contributed by atoms with van der Waals surface area (Å²) < 4.78 is 21.4. The van der Waals surface area contributed by atoms with Crippen molar-refractivity contribution in [2.24, 2.45) is 0 Å². The largest absolute Gasteiger partial charge is 0.493 e. The Morgan fingerprint density at radius 3 is 2.12 bits per heavy atom. The molecule has 10 nitrogen and oxygen atoms in total. The predicted molar refractivity (Wildman–Crippen MR) is 116 cm³/mol. The lowest BCUT2D eigenvalue weighted by atomic mass is 10.1. The van der Waals surface area contributed by atoms with Crippen molar-refractivity contribution in [2.75, 3.05) is 41.5 Å². The van der Waals surface area contributed by atoms with Crippen molar-refractivity contribution in [2.45, 2.75) is 51.4 Å². The predicted octanol–water partition coefficient (Wildman–Crippen LogP) is 2.48. The molecule has 1 aromatic carbocycles. The molecule has 180 valence electrons. The number of amides is 2. The second-order valence-corrected chi connectivity index (χ2v) is 8.43. The van der Waals surface area contributed by atoms with Gasteiger partial charge in [0, 0.05) is 18.7 Å². The lowest BCUT2D eigenvalue weighted by Crippen LogP contribution is -2.52. The molecule has 0 radical (unpaired) electrons. The van der Waals surface area contributed by atoms with Crippen LogP contribution in [0.3, 0.4) is 0 Å². The summed E-state index contributed by atoms with van der Waals surface area (Å²) in [6.45, 7) is 5.80. The van der Waals surface area contributed by atoms with Crippen LogP contribution in [0.4, 0.5) is 4.79 Å². The minimum atomic E-state index is -0.895. The van der Waals surface area contributed by atoms with E-state index in [0.29, 0.717) is 36.6 Å². The molecule has 2 rings (SSSR count). The molecule has 1 aromatic rings. The number of carbonyl (C=O) groups is 2. The van der Waals surface area contributed by atoms with Crippen molar-refractivity contribution >= 4 is 12.0 Å². The zero-order valence-corrected chi connectivity index (χ0v) is 19.8. The molecule has 1 N–H and O–H groups in total. The fourth-order valence-electron chi connectivity index (χ4n) is 3.55. The third-order valence-electron chi connectivity index (χ3n) is 5.04. The summed E-state index contributed by atoms with van der Waals surface area (Å²) in [5, 5.41) is 11.8. The van der Waals surface area contributed by atoms with Gasteiger partial charge in [-0.05, 0) is 45.7 Å². The van der Waals surface area contributed by atoms with Gasteiger partial charge in [0.05, 0.1) is 34.5 Å². The number of likely N-dealkylation sites (tertiary alicyclic amines) is 1. The summed E-state index contributed by atoms with van der Waals surface area (Å²) >= 11 is 0. The van der Waals surface area contributed by atoms with Crippen molar-refractivity contribution in [3.05, 3.63) is 17.7 Å². The number of ether oxygens (including phenoxy) is 4. The second kappa shape index (κ2) is 10.7. The van der Waals surface area contributed by atoms with Gasteiger partial charge in [-0.1, -0.05) is 0 Å². The Morgan fingerprint density at radius 2 is 1.66 bits per heavy atom. The summed E-state index contributed by atoms with van der Waals surface area (Å²) in [7, 11) is 5.71. The van der Waals surface area contributed by atoms with Gasteiger partial charge in [0.25, 0.3) is 5.91 Å². The third kappa shape index (κ3) is 5.95. The van der Waals surface area contributed by atoms with Crippen LogP contribution in [0.5, 0.6) is 17.2 Å². The monoisotopic (exact) mass is 454 g/mol. The quantitative estimate of drug-likeness (QED) is 0.654. The number of aliphatic hydroxyl groups is 1. The second-order valence-electron chi connectivity index (χ2n) is 8.43. The number of nitrogens with zero attached hydrogens (tertiary/aromatic N) is 2. The lowest BCUT2D eigenvalue weighted by molar-refractivity contribution is -0.149. The van der Waals surface area contributed by atoms with Gasteiger partial charge in [-0.2, -0.15) is 0 Å². The van der Waals surface area contributed by atoms with Gasteiger partial charge in [-0.3, -0.25) is 9.63 Å². The lowest BCUT2D eigenvalue weighted by Gasteiger charge is -2.34. The fraction of sp³-hybridized carbons (Fsp3) is 0.636. The van der Waals surface area contributed by atoms with E-state index in [1.165, 1.54) is 45.5 Å². The number of hydrogen-bond acceptors (Lipinski definition) is 8. The van der Waals surface area contributed by atoms with Gasteiger partial charge >= 0.3 is 6.09 Å². The van der Waals surface area contributed by atoms with E-state index in [2.05, 4.69) is 0 Å². The number of benzene rings is 1. The molecule has 0 saturated carbocycles. The van der Waals surface area contributed by atoms with Crippen LogP contribution in [0.2, 0.25) is 0 Å². The van der Waals surface area contributed by atoms with Crippen molar-refractivity contribution < 1.29 is 38.5 Å². The number of rotatable bonds is 6. The molecule has 1 aliphatic heterocycles. The summed E-state index contributed by atoms with van der Waals surface area (Å²) in [6, 6.07) is 2.20. The highest BCUT2D eigenvalue weighted by molar-refractivity contribution is 5.95. The van der Waals surface area contributed by atoms with Gasteiger partial charge in [-0.15, -0.1) is 0 Å². The number of carbonyl (C=O) groups excluding carboxylic acids is 2. The van der Waals surface area contributed by atoms with Crippen LogP contribution in [0, 0.1) is 0 Å². The topological polar surface area (TPSA) is 107 Å². The average Bonchev–Trinajstić information content (AvgIpc) is 2.93. The van der Waals surface area contributed by atoms with Crippen LogP contribution in [0.1, 0.15) is 44.0 Å². The zero-order chi connectivity index (χ0) is 24.1. The standard InChI is InChI=1S/C22H34N2O8/c1-22(2,3)32-21(27)23-10-8-9-16(25)15(13-23)24(31-7)20(26)14-11-17(28-4)19(30-6)18(12-14)29-5/h11-12,15-16,25H,8-10,13H2,1-7H3/t15-,16-/m1/s1. The van der Waals surface area contributed by atoms with Crippen molar-refractivity contribution in [3.63, 3.8) is 0 Å².